The third-order valence-corrected chi connectivity index (χ3v) is 3.16. The fraction of sp³-hybridized carbons (Fsp3) is 0.333. The van der Waals surface area contributed by atoms with Crippen LogP contribution in [0.4, 0.5) is 5.69 Å². The first kappa shape index (κ1) is 13.0. The van der Waals surface area contributed by atoms with Crippen LogP contribution < -0.4 is 4.74 Å². The van der Waals surface area contributed by atoms with E-state index in [4.69, 9.17) is 9.84 Å². The average molecular weight is 265 g/mol. The number of carbonyl (C=O) groups excluding carboxylic acids is 1. The summed E-state index contributed by atoms with van der Waals surface area (Å²) < 4.78 is 5.01. The van der Waals surface area contributed by atoms with Crippen LogP contribution in [0.2, 0.25) is 0 Å². The van der Waals surface area contributed by atoms with Gasteiger partial charge in [0.15, 0.2) is 0 Å². The van der Waals surface area contributed by atoms with Gasteiger partial charge in [-0.05, 0) is 25.0 Å². The summed E-state index contributed by atoms with van der Waals surface area (Å²) in [4.78, 5) is 32.4. The van der Waals surface area contributed by atoms with Crippen molar-refractivity contribution in [1.82, 2.24) is 0 Å². The van der Waals surface area contributed by atoms with Gasteiger partial charge in [0.2, 0.25) is 0 Å². The number of rotatable bonds is 4. The lowest BCUT2D eigenvalue weighted by atomic mass is 9.74. The van der Waals surface area contributed by atoms with E-state index in [0.717, 1.165) is 0 Å². The molecule has 1 aromatic rings. The molecule has 0 aromatic heterocycles. The fourth-order valence-corrected chi connectivity index (χ4v) is 1.91. The lowest BCUT2D eigenvalue weighted by Crippen LogP contribution is -2.40. The Morgan fingerprint density at radius 1 is 1.21 bits per heavy atom. The minimum absolute atomic E-state index is 0.105. The van der Waals surface area contributed by atoms with Crippen molar-refractivity contribution >= 4 is 17.6 Å². The van der Waals surface area contributed by atoms with Crippen molar-refractivity contribution in [3.63, 3.8) is 0 Å². The molecule has 0 heterocycles. The highest BCUT2D eigenvalue weighted by molar-refractivity contribution is 5.84. The van der Waals surface area contributed by atoms with Gasteiger partial charge in [-0.25, -0.2) is 0 Å². The summed E-state index contributed by atoms with van der Waals surface area (Å²) in [5, 5.41) is 19.3. The number of nitro benzene ring substituents is 1. The van der Waals surface area contributed by atoms with Crippen molar-refractivity contribution in [2.75, 3.05) is 0 Å². The average Bonchev–Trinajstić information content (AvgIpc) is 2.27. The predicted molar refractivity (Wildman–Crippen MR) is 62.6 cm³/mol. The van der Waals surface area contributed by atoms with E-state index >= 15 is 0 Å². The van der Waals surface area contributed by atoms with Crippen molar-refractivity contribution < 1.29 is 24.4 Å². The van der Waals surface area contributed by atoms with Gasteiger partial charge in [-0.3, -0.25) is 19.7 Å². The molecule has 7 heteroatoms. The van der Waals surface area contributed by atoms with E-state index in [1.54, 1.807) is 0 Å². The van der Waals surface area contributed by atoms with E-state index < -0.39 is 28.7 Å². The SMILES string of the molecule is O=C(O)[C@@H]1CC[C@H]1C(=O)Oc1ccc([N+](=O)[O-])cc1. The third-order valence-electron chi connectivity index (χ3n) is 3.16. The molecule has 0 radical (unpaired) electrons. The van der Waals surface area contributed by atoms with Crippen LogP contribution in [0.3, 0.4) is 0 Å². The van der Waals surface area contributed by atoms with Gasteiger partial charge in [0.1, 0.15) is 5.75 Å². The summed E-state index contributed by atoms with van der Waals surface area (Å²) in [5.74, 6) is -2.76. The fourth-order valence-electron chi connectivity index (χ4n) is 1.91. The van der Waals surface area contributed by atoms with Gasteiger partial charge in [-0.15, -0.1) is 0 Å². The monoisotopic (exact) mass is 265 g/mol. The molecule has 1 aliphatic carbocycles. The number of esters is 1. The Hall–Kier alpha value is -2.44. The van der Waals surface area contributed by atoms with Gasteiger partial charge in [0.05, 0.1) is 16.8 Å². The van der Waals surface area contributed by atoms with Crippen molar-refractivity contribution in [3.8, 4) is 5.75 Å². The molecule has 0 amide bonds. The molecule has 0 bridgehead atoms. The summed E-state index contributed by atoms with van der Waals surface area (Å²) in [6.45, 7) is 0. The number of nitro groups is 1. The van der Waals surface area contributed by atoms with Crippen LogP contribution in [0.1, 0.15) is 12.8 Å². The molecule has 1 saturated carbocycles. The Morgan fingerprint density at radius 2 is 1.79 bits per heavy atom. The van der Waals surface area contributed by atoms with Crippen LogP contribution in [0, 0.1) is 22.0 Å². The minimum atomic E-state index is -1.00. The first-order valence-corrected chi connectivity index (χ1v) is 5.68. The Bertz CT molecular complexity index is 524. The van der Waals surface area contributed by atoms with Crippen LogP contribution in [-0.4, -0.2) is 22.0 Å². The number of ether oxygens (including phenoxy) is 1. The molecule has 1 N–H and O–H groups in total. The normalized spacial score (nSPS) is 21.3. The zero-order valence-electron chi connectivity index (χ0n) is 9.81. The lowest BCUT2D eigenvalue weighted by molar-refractivity contribution is -0.384. The molecule has 0 aliphatic heterocycles. The molecule has 100 valence electrons. The Morgan fingerprint density at radius 3 is 2.21 bits per heavy atom. The van der Waals surface area contributed by atoms with Gasteiger partial charge in [0, 0.05) is 12.1 Å². The maximum Gasteiger partial charge on any atom is 0.315 e. The highest BCUT2D eigenvalue weighted by Crippen LogP contribution is 2.35. The number of nitrogens with zero attached hydrogens (tertiary/aromatic N) is 1. The molecule has 0 unspecified atom stereocenters. The van der Waals surface area contributed by atoms with E-state index in [1.165, 1.54) is 24.3 Å². The number of carboxylic acid groups (broad SMARTS) is 1. The van der Waals surface area contributed by atoms with E-state index in [0.29, 0.717) is 12.8 Å². The largest absolute Gasteiger partial charge is 0.481 e. The molecular formula is C12H11NO6. The standard InChI is InChI=1S/C12H11NO6/c14-11(15)9-5-6-10(9)12(16)19-8-3-1-7(2-4-8)13(17)18/h1-4,9-10H,5-6H2,(H,14,15)/t9-,10-/m1/s1. The van der Waals surface area contributed by atoms with Crippen molar-refractivity contribution in [1.29, 1.82) is 0 Å². The van der Waals surface area contributed by atoms with Crippen LogP contribution in [0.5, 0.6) is 5.75 Å². The first-order valence-electron chi connectivity index (χ1n) is 5.68. The summed E-state index contributed by atoms with van der Waals surface area (Å²) in [5.41, 5.74) is -0.105. The van der Waals surface area contributed by atoms with Crippen molar-refractivity contribution in [3.05, 3.63) is 34.4 Å². The Labute approximate surface area is 107 Å². The van der Waals surface area contributed by atoms with Gasteiger partial charge in [-0.2, -0.15) is 0 Å². The lowest BCUT2D eigenvalue weighted by Gasteiger charge is -2.30. The number of benzene rings is 1. The van der Waals surface area contributed by atoms with E-state index in [2.05, 4.69) is 0 Å². The number of aliphatic carboxylic acids is 1. The van der Waals surface area contributed by atoms with Gasteiger partial charge in [0.25, 0.3) is 5.69 Å². The minimum Gasteiger partial charge on any atom is -0.481 e. The molecular weight excluding hydrogens is 254 g/mol. The Balaban J connectivity index is 1.99. The molecule has 1 aromatic carbocycles. The van der Waals surface area contributed by atoms with Crippen LogP contribution in [-0.2, 0) is 9.59 Å². The van der Waals surface area contributed by atoms with E-state index in [-0.39, 0.29) is 11.4 Å². The maximum absolute atomic E-state index is 11.7. The quantitative estimate of drug-likeness (QED) is 0.383. The number of carboxylic acids is 1. The summed E-state index contributed by atoms with van der Waals surface area (Å²) in [6.07, 6.45) is 0.956. The van der Waals surface area contributed by atoms with Crippen molar-refractivity contribution in [2.24, 2.45) is 11.8 Å². The molecule has 1 aliphatic rings. The smallest absolute Gasteiger partial charge is 0.315 e. The number of non-ortho nitro benzene ring substituents is 1. The zero-order valence-corrected chi connectivity index (χ0v) is 9.81. The third kappa shape index (κ3) is 2.70. The highest BCUT2D eigenvalue weighted by atomic mass is 16.6. The molecule has 2 rings (SSSR count). The molecule has 0 spiro atoms. The Kier molecular flexibility index (Phi) is 3.46. The highest BCUT2D eigenvalue weighted by Gasteiger charge is 2.42. The first-order chi connectivity index (χ1) is 8.99. The van der Waals surface area contributed by atoms with Crippen LogP contribution >= 0.6 is 0 Å². The number of hydrogen-bond acceptors (Lipinski definition) is 5. The second-order valence-corrected chi connectivity index (χ2v) is 4.30. The van der Waals surface area contributed by atoms with Crippen LogP contribution in [0.25, 0.3) is 0 Å². The number of hydrogen-bond donors (Lipinski definition) is 1. The van der Waals surface area contributed by atoms with Crippen LogP contribution in [0.15, 0.2) is 24.3 Å². The molecule has 0 saturated heterocycles. The number of carbonyl (C=O) groups is 2. The topological polar surface area (TPSA) is 107 Å². The van der Waals surface area contributed by atoms with E-state index in [1.807, 2.05) is 0 Å². The summed E-state index contributed by atoms with van der Waals surface area (Å²) in [7, 11) is 0. The second kappa shape index (κ2) is 5.05. The molecule has 2 atom stereocenters. The van der Waals surface area contributed by atoms with Gasteiger partial charge in [-0.1, -0.05) is 0 Å². The van der Waals surface area contributed by atoms with E-state index in [9.17, 15) is 19.7 Å². The van der Waals surface area contributed by atoms with Gasteiger partial charge >= 0.3 is 11.9 Å². The maximum atomic E-state index is 11.7. The molecule has 19 heavy (non-hydrogen) atoms. The van der Waals surface area contributed by atoms with Crippen molar-refractivity contribution in [2.45, 2.75) is 12.8 Å². The summed E-state index contributed by atoms with van der Waals surface area (Å²) in [6, 6.07) is 5.06. The van der Waals surface area contributed by atoms with Gasteiger partial charge < -0.3 is 9.84 Å². The molecule has 7 nitrogen and oxygen atoms in total. The second-order valence-electron chi connectivity index (χ2n) is 4.30. The predicted octanol–water partition coefficient (Wildman–Crippen LogP) is 1.61. The summed E-state index contributed by atoms with van der Waals surface area (Å²) >= 11 is 0. The zero-order chi connectivity index (χ0) is 14.0. The molecule has 1 fully saturated rings.